The van der Waals surface area contributed by atoms with E-state index in [1.54, 1.807) is 0 Å². The average Bonchev–Trinajstić information content (AvgIpc) is 2.55. The van der Waals surface area contributed by atoms with E-state index in [1.807, 2.05) is 0 Å². The number of alkyl halides is 16. The molecule has 0 aliphatic heterocycles. The van der Waals surface area contributed by atoms with Crippen LogP contribution >= 0.6 is 186 Å². The molecule has 0 fully saturated rings. The smallest absolute Gasteiger partial charge is 0.0967 e. The van der Waals surface area contributed by atoms with Crippen molar-refractivity contribution < 1.29 is 5.11 Å². The van der Waals surface area contributed by atoms with E-state index in [0.717, 1.165) is 7.11 Å². The quantitative estimate of drug-likeness (QED) is 0.248. The van der Waals surface area contributed by atoms with E-state index in [9.17, 15) is 0 Å². The Bertz CT molecular complexity index is 53.7. The summed E-state index contributed by atoms with van der Waals surface area (Å²) < 4.78 is 0. The van der Waals surface area contributed by atoms with Gasteiger partial charge in [0, 0.05) is 7.11 Å². The molecule has 1 N–H and O–H groups in total. The number of rotatable bonds is 0. The van der Waals surface area contributed by atoms with Crippen LogP contribution in [-0.2, 0) is 0 Å². The molecule has 0 amide bonds. The van der Waals surface area contributed by atoms with Crippen LogP contribution in [-0.4, -0.2) is 54.9 Å². The number of halogens is 16. The molecule has 0 bridgehead atoms. The van der Waals surface area contributed by atoms with E-state index in [-0.39, 0.29) is 42.7 Å². The lowest BCUT2D eigenvalue weighted by Crippen LogP contribution is -1.25. The van der Waals surface area contributed by atoms with E-state index in [1.165, 1.54) is 0 Å². The predicted octanol–water partition coefficient (Wildman–Crippen LogP) is 11.0. The number of hydrogen-bond donors (Lipinski definition) is 1. The fraction of sp³-hybridized carbons (Fsp3) is 1.00. The highest BCUT2D eigenvalue weighted by molar-refractivity contribution is 6.42. The first-order valence-corrected chi connectivity index (χ1v) is 13.3. The van der Waals surface area contributed by atoms with Crippen molar-refractivity contribution in [3.63, 3.8) is 0 Å². The van der Waals surface area contributed by atoms with Crippen molar-refractivity contribution in [2.24, 2.45) is 0 Å². The molecule has 0 aromatic rings. The Hall–Kier alpha value is 4.60. The van der Waals surface area contributed by atoms with Gasteiger partial charge in [0.1, 0.15) is 0 Å². The molecule has 0 spiro atoms. The molecule has 0 saturated heterocycles. The summed E-state index contributed by atoms with van der Waals surface area (Å²) in [4.78, 5) is 0. The third-order valence-corrected chi connectivity index (χ3v) is 0. The van der Waals surface area contributed by atoms with Crippen LogP contribution in [0.3, 0.4) is 0 Å². The van der Waals surface area contributed by atoms with Crippen molar-refractivity contribution >= 4 is 186 Å². The molecule has 0 aromatic heterocycles. The van der Waals surface area contributed by atoms with Gasteiger partial charge in [-0.3, -0.25) is 0 Å². The Kier molecular flexibility index (Phi) is 337. The Labute approximate surface area is 237 Å². The van der Waals surface area contributed by atoms with E-state index in [0.29, 0.717) is 0 Å². The van der Waals surface area contributed by atoms with Gasteiger partial charge in [-0.25, -0.2) is 0 Å². The molecule has 0 aliphatic carbocycles. The van der Waals surface area contributed by atoms with Crippen molar-refractivity contribution in [2.45, 2.75) is 0 Å². The Morgan fingerprint density at radius 1 is 0.269 bits per heavy atom. The van der Waals surface area contributed by atoms with E-state index < -0.39 is 0 Å². The molecule has 0 aliphatic rings. The maximum atomic E-state index is 7.00. The zero-order valence-electron chi connectivity index (χ0n) is 13.2. The third-order valence-electron chi connectivity index (χ3n) is 0. The first-order chi connectivity index (χ1) is 12.3. The number of aliphatic hydroxyl groups excluding tert-OH is 1. The largest absolute Gasteiger partial charge is 0.400 e. The van der Waals surface area contributed by atoms with Crippen LogP contribution in [0, 0.1) is 0 Å². The average molecular weight is 712 g/mol. The molecule has 174 valence electrons. The van der Waals surface area contributed by atoms with Gasteiger partial charge in [0.25, 0.3) is 0 Å². The van der Waals surface area contributed by atoms with Crippen molar-refractivity contribution in [2.75, 3.05) is 49.8 Å². The standard InChI is InChI=1S/8CH2Cl2.CH4O/c8*2-1-3;1-2/h8*1H2;2H,1H3. The summed E-state index contributed by atoms with van der Waals surface area (Å²) in [6.45, 7) is 0. The zero-order valence-corrected chi connectivity index (χ0v) is 25.2. The maximum absolute atomic E-state index is 7.00. The fourth-order valence-electron chi connectivity index (χ4n) is 0. The van der Waals surface area contributed by atoms with Gasteiger partial charge in [-0.15, -0.1) is 186 Å². The van der Waals surface area contributed by atoms with Gasteiger partial charge in [-0.2, -0.15) is 0 Å². The van der Waals surface area contributed by atoms with Gasteiger partial charge < -0.3 is 5.11 Å². The summed E-state index contributed by atoms with van der Waals surface area (Å²) in [6.07, 6.45) is 0. The van der Waals surface area contributed by atoms with Crippen LogP contribution in [0.5, 0.6) is 0 Å². The molecule has 17 heteroatoms. The highest BCUT2D eigenvalue weighted by Crippen LogP contribution is 1.75. The molecule has 0 saturated carbocycles. The fourth-order valence-corrected chi connectivity index (χ4v) is 0. The predicted molar refractivity (Wildman–Crippen MR) is 141 cm³/mol. The van der Waals surface area contributed by atoms with Crippen molar-refractivity contribution in [3.05, 3.63) is 0 Å². The second-order valence-electron chi connectivity index (χ2n) is 0.808. The van der Waals surface area contributed by atoms with Gasteiger partial charge in [0.15, 0.2) is 0 Å². The van der Waals surface area contributed by atoms with Gasteiger partial charge in [-0.1, -0.05) is 0 Å². The number of hydrogen-bond acceptors (Lipinski definition) is 1. The first kappa shape index (κ1) is 57.5. The highest BCUT2D eigenvalue weighted by Gasteiger charge is 1.43. The minimum Gasteiger partial charge on any atom is -0.400 e. The maximum Gasteiger partial charge on any atom is 0.0967 e. The lowest BCUT2D eigenvalue weighted by molar-refractivity contribution is 0.399. The molecular formula is C9H20Cl16O. The van der Waals surface area contributed by atoms with Gasteiger partial charge >= 0.3 is 0 Å². The van der Waals surface area contributed by atoms with Crippen LogP contribution in [0.25, 0.3) is 0 Å². The summed E-state index contributed by atoms with van der Waals surface area (Å²) in [6, 6.07) is 0. The monoisotopic (exact) mass is 704 g/mol. The lowest BCUT2D eigenvalue weighted by atomic mass is 11.8. The Morgan fingerprint density at radius 2 is 0.269 bits per heavy atom. The molecular weight excluding hydrogens is 691 g/mol. The topological polar surface area (TPSA) is 20.2 Å². The van der Waals surface area contributed by atoms with Crippen LogP contribution in [0.4, 0.5) is 0 Å². The Balaban J connectivity index is -0.0000000179. The normalized spacial score (nSPS) is 5.77. The van der Waals surface area contributed by atoms with Crippen LogP contribution in [0.1, 0.15) is 0 Å². The molecule has 0 unspecified atom stereocenters. The van der Waals surface area contributed by atoms with E-state index in [4.69, 9.17) is 191 Å². The van der Waals surface area contributed by atoms with Crippen LogP contribution in [0.15, 0.2) is 0 Å². The van der Waals surface area contributed by atoms with Crippen molar-refractivity contribution in [3.8, 4) is 0 Å². The minimum absolute atomic E-state index is 0.194. The summed E-state index contributed by atoms with van der Waals surface area (Å²) >= 11 is 76.2. The minimum atomic E-state index is 0.194. The second kappa shape index (κ2) is 153. The summed E-state index contributed by atoms with van der Waals surface area (Å²) in [5, 5.41) is 8.56. The molecule has 26 heavy (non-hydrogen) atoms. The molecule has 0 rings (SSSR count). The third kappa shape index (κ3) is 1030. The van der Waals surface area contributed by atoms with Crippen LogP contribution < -0.4 is 0 Å². The molecule has 1 nitrogen and oxygen atoms in total. The highest BCUT2D eigenvalue weighted by atomic mass is 35.6. The van der Waals surface area contributed by atoms with Crippen molar-refractivity contribution in [1.82, 2.24) is 0 Å². The number of aliphatic hydroxyl groups is 1. The molecule has 0 atom stereocenters. The SMILES string of the molecule is CO.ClCCl.ClCCl.ClCCl.ClCCl.ClCCl.ClCCl.ClCCl.ClCCl. The second-order valence-corrected chi connectivity index (χ2v) is 7.27. The van der Waals surface area contributed by atoms with Gasteiger partial charge in [-0.05, 0) is 0 Å². The van der Waals surface area contributed by atoms with Gasteiger partial charge in [0.05, 0.1) is 42.7 Å². The van der Waals surface area contributed by atoms with Crippen molar-refractivity contribution in [1.29, 1.82) is 0 Å². The lowest BCUT2D eigenvalue weighted by Gasteiger charge is -1.42. The van der Waals surface area contributed by atoms with Crippen LogP contribution in [0.2, 0.25) is 0 Å². The first-order valence-electron chi connectivity index (χ1n) is 4.72. The Morgan fingerprint density at radius 3 is 0.269 bits per heavy atom. The summed E-state index contributed by atoms with van der Waals surface area (Å²) in [5.74, 6) is 0. The zero-order chi connectivity index (χ0) is 23.7. The summed E-state index contributed by atoms with van der Waals surface area (Å²) in [7, 11) is 1.00. The summed E-state index contributed by atoms with van der Waals surface area (Å²) in [5.41, 5.74) is 0. The van der Waals surface area contributed by atoms with Gasteiger partial charge in [0.2, 0.25) is 0 Å². The molecule has 0 aromatic carbocycles. The van der Waals surface area contributed by atoms with E-state index in [2.05, 4.69) is 0 Å². The van der Waals surface area contributed by atoms with E-state index >= 15 is 0 Å². The molecule has 0 radical (unpaired) electrons. The molecule has 0 heterocycles.